The highest BCUT2D eigenvalue weighted by molar-refractivity contribution is 6.74. The van der Waals surface area contributed by atoms with Gasteiger partial charge in [0.25, 0.3) is 0 Å². The fraction of sp³-hybridized carbons (Fsp3) is 0.812. The second-order valence-electron chi connectivity index (χ2n) is 7.59. The Hall–Kier alpha value is -0.693. The maximum atomic E-state index is 11.3. The number of methoxy groups -OCH3 is 1. The largest absolute Gasteiger partial charge is 0.466 e. The van der Waals surface area contributed by atoms with Crippen LogP contribution in [0.1, 0.15) is 34.6 Å². The predicted octanol–water partition coefficient (Wildman–Crippen LogP) is 3.26. The van der Waals surface area contributed by atoms with Crippen molar-refractivity contribution in [2.45, 2.75) is 70.7 Å². The Morgan fingerprint density at radius 1 is 1.27 bits per heavy atom. The fourth-order valence-electron chi connectivity index (χ4n) is 1.90. The highest BCUT2D eigenvalue weighted by atomic mass is 28.4. The average molecular weight is 330 g/mol. The quantitative estimate of drug-likeness (QED) is 0.440. The van der Waals surface area contributed by atoms with Gasteiger partial charge in [0, 0.05) is 6.08 Å². The first-order chi connectivity index (χ1) is 9.88. The first-order valence-electron chi connectivity index (χ1n) is 7.64. The van der Waals surface area contributed by atoms with Crippen LogP contribution < -0.4 is 0 Å². The number of ether oxygens (including phenoxy) is 3. The van der Waals surface area contributed by atoms with Gasteiger partial charge in [-0.15, -0.1) is 0 Å². The molecular weight excluding hydrogens is 300 g/mol. The van der Waals surface area contributed by atoms with Gasteiger partial charge in [0.05, 0.1) is 13.7 Å². The summed E-state index contributed by atoms with van der Waals surface area (Å²) in [6.07, 6.45) is 2.50. The molecular formula is C16H30O5Si. The van der Waals surface area contributed by atoms with E-state index in [2.05, 4.69) is 38.6 Å². The molecule has 22 heavy (non-hydrogen) atoms. The molecule has 0 spiro atoms. The molecule has 0 radical (unpaired) electrons. The molecule has 0 aliphatic carbocycles. The minimum Gasteiger partial charge on any atom is -0.466 e. The van der Waals surface area contributed by atoms with Crippen LogP contribution in [0.2, 0.25) is 18.1 Å². The smallest absolute Gasteiger partial charge is 0.330 e. The highest BCUT2D eigenvalue weighted by Crippen LogP contribution is 2.37. The van der Waals surface area contributed by atoms with Crippen molar-refractivity contribution in [3.8, 4) is 0 Å². The van der Waals surface area contributed by atoms with Crippen LogP contribution in [0, 0.1) is 0 Å². The lowest BCUT2D eigenvalue weighted by molar-refractivity contribution is -0.146. The van der Waals surface area contributed by atoms with Crippen LogP contribution >= 0.6 is 0 Å². The molecule has 1 rings (SSSR count). The minimum absolute atomic E-state index is 0.138. The van der Waals surface area contributed by atoms with Crippen LogP contribution in [0.15, 0.2) is 12.2 Å². The van der Waals surface area contributed by atoms with Crippen molar-refractivity contribution in [1.29, 1.82) is 0 Å². The molecule has 1 heterocycles. The second-order valence-corrected chi connectivity index (χ2v) is 12.4. The molecule has 0 aromatic carbocycles. The lowest BCUT2D eigenvalue weighted by Crippen LogP contribution is -2.43. The zero-order valence-corrected chi connectivity index (χ0v) is 16.1. The van der Waals surface area contributed by atoms with Gasteiger partial charge in [0.1, 0.15) is 12.2 Å². The summed E-state index contributed by atoms with van der Waals surface area (Å²) < 4.78 is 22.6. The Labute approximate surface area is 135 Å². The van der Waals surface area contributed by atoms with Crippen molar-refractivity contribution in [3.05, 3.63) is 12.2 Å². The van der Waals surface area contributed by atoms with Crippen molar-refractivity contribution in [2.75, 3.05) is 13.7 Å². The number of hydrogen-bond donors (Lipinski definition) is 0. The summed E-state index contributed by atoms with van der Waals surface area (Å²) in [6, 6.07) is 0. The van der Waals surface area contributed by atoms with Crippen molar-refractivity contribution in [1.82, 2.24) is 0 Å². The molecule has 1 aliphatic heterocycles. The zero-order valence-electron chi connectivity index (χ0n) is 15.1. The van der Waals surface area contributed by atoms with E-state index in [0.717, 1.165) is 0 Å². The van der Waals surface area contributed by atoms with Gasteiger partial charge in [-0.05, 0) is 38.1 Å². The molecule has 0 amide bonds. The third-order valence-electron chi connectivity index (χ3n) is 4.26. The monoisotopic (exact) mass is 330 g/mol. The molecule has 0 bridgehead atoms. The molecule has 0 N–H and O–H groups in total. The Morgan fingerprint density at radius 2 is 1.86 bits per heavy atom. The summed E-state index contributed by atoms with van der Waals surface area (Å²) in [4.78, 5) is 11.3. The average Bonchev–Trinajstić information content (AvgIpc) is 2.67. The number of esters is 1. The molecule has 0 aromatic heterocycles. The Morgan fingerprint density at radius 3 is 2.36 bits per heavy atom. The van der Waals surface area contributed by atoms with Gasteiger partial charge in [0.15, 0.2) is 14.1 Å². The van der Waals surface area contributed by atoms with Crippen molar-refractivity contribution >= 4 is 14.3 Å². The summed E-state index contributed by atoms with van der Waals surface area (Å²) in [5.74, 6) is -1.09. The first kappa shape index (κ1) is 19.4. The van der Waals surface area contributed by atoms with Crippen LogP contribution in [0.3, 0.4) is 0 Å². The molecule has 0 saturated carbocycles. The van der Waals surface area contributed by atoms with E-state index in [0.29, 0.717) is 6.61 Å². The van der Waals surface area contributed by atoms with Gasteiger partial charge >= 0.3 is 5.97 Å². The maximum Gasteiger partial charge on any atom is 0.330 e. The normalized spacial score (nSPS) is 25.6. The zero-order chi connectivity index (χ0) is 17.2. The van der Waals surface area contributed by atoms with E-state index in [1.165, 1.54) is 13.2 Å². The molecule has 0 aromatic rings. The Bertz CT molecular complexity index is 423. The van der Waals surface area contributed by atoms with E-state index in [1.54, 1.807) is 6.08 Å². The van der Waals surface area contributed by atoms with E-state index < -0.39 is 20.1 Å². The number of rotatable bonds is 5. The molecule has 1 aliphatic rings. The number of carbonyl (C=O) groups excluding carboxylic acids is 1. The van der Waals surface area contributed by atoms with Gasteiger partial charge in [-0.25, -0.2) is 4.79 Å². The molecule has 1 saturated heterocycles. The summed E-state index contributed by atoms with van der Waals surface area (Å²) in [5, 5.41) is 0.138. The van der Waals surface area contributed by atoms with E-state index in [4.69, 9.17) is 13.9 Å². The Kier molecular flexibility index (Phi) is 6.00. The van der Waals surface area contributed by atoms with E-state index in [-0.39, 0.29) is 17.2 Å². The van der Waals surface area contributed by atoms with Crippen LogP contribution in [-0.2, 0) is 23.4 Å². The lowest BCUT2D eigenvalue weighted by Gasteiger charge is -2.37. The summed E-state index contributed by atoms with van der Waals surface area (Å²) in [6.45, 7) is 15.2. The molecule has 6 heteroatoms. The summed E-state index contributed by atoms with van der Waals surface area (Å²) in [5.41, 5.74) is 0. The molecule has 128 valence electrons. The fourth-order valence-corrected chi connectivity index (χ4v) is 2.92. The third-order valence-corrected chi connectivity index (χ3v) is 8.76. The third kappa shape index (κ3) is 5.19. The van der Waals surface area contributed by atoms with Crippen molar-refractivity contribution in [2.24, 2.45) is 0 Å². The van der Waals surface area contributed by atoms with E-state index in [9.17, 15) is 4.79 Å². The standard InChI is InChI=1S/C16H30O5Si/c1-15(2,3)22(7,8)19-11-13-12(9-10-14(17)18-6)20-16(4,5)21-13/h9-10,12-13H,11H2,1-8H3/b10-9+/t12-,13-/m1/s1. The highest BCUT2D eigenvalue weighted by Gasteiger charge is 2.43. The predicted molar refractivity (Wildman–Crippen MR) is 88.1 cm³/mol. The van der Waals surface area contributed by atoms with Gasteiger partial charge in [0.2, 0.25) is 0 Å². The Balaban J connectivity index is 2.74. The SMILES string of the molecule is COC(=O)/C=C/[C@H]1OC(C)(C)O[C@@H]1CO[Si](C)(C)C(C)(C)C. The van der Waals surface area contributed by atoms with E-state index >= 15 is 0 Å². The molecule has 0 unspecified atom stereocenters. The minimum atomic E-state index is -1.85. The van der Waals surface area contributed by atoms with Crippen LogP contribution in [-0.4, -0.2) is 46.0 Å². The topological polar surface area (TPSA) is 54.0 Å². The first-order valence-corrected chi connectivity index (χ1v) is 10.5. The van der Waals surface area contributed by atoms with E-state index in [1.807, 2.05) is 13.8 Å². The maximum absolute atomic E-state index is 11.3. The van der Waals surface area contributed by atoms with Gasteiger partial charge < -0.3 is 18.6 Å². The summed E-state index contributed by atoms with van der Waals surface area (Å²) >= 11 is 0. The van der Waals surface area contributed by atoms with Gasteiger partial charge in [-0.2, -0.15) is 0 Å². The van der Waals surface area contributed by atoms with Crippen LogP contribution in [0.5, 0.6) is 0 Å². The number of hydrogen-bond acceptors (Lipinski definition) is 5. The summed E-state index contributed by atoms with van der Waals surface area (Å²) in [7, 11) is -0.503. The lowest BCUT2D eigenvalue weighted by atomic mass is 10.2. The second kappa shape index (κ2) is 6.82. The molecule has 1 fully saturated rings. The van der Waals surface area contributed by atoms with Crippen molar-refractivity contribution < 1.29 is 23.4 Å². The van der Waals surface area contributed by atoms with Gasteiger partial charge in [-0.1, -0.05) is 20.8 Å². The van der Waals surface area contributed by atoms with Crippen LogP contribution in [0.4, 0.5) is 0 Å². The van der Waals surface area contributed by atoms with Gasteiger partial charge in [-0.3, -0.25) is 0 Å². The number of carbonyl (C=O) groups is 1. The van der Waals surface area contributed by atoms with Crippen molar-refractivity contribution in [3.63, 3.8) is 0 Å². The molecule has 2 atom stereocenters. The molecule has 5 nitrogen and oxygen atoms in total. The van der Waals surface area contributed by atoms with Crippen LogP contribution in [0.25, 0.3) is 0 Å².